The Balaban J connectivity index is 1.92. The van der Waals surface area contributed by atoms with Gasteiger partial charge in [-0.2, -0.15) is 23.5 Å². The van der Waals surface area contributed by atoms with E-state index in [0.29, 0.717) is 11.3 Å². The van der Waals surface area contributed by atoms with Crippen LogP contribution >= 0.6 is 11.6 Å². The first-order valence-electron chi connectivity index (χ1n) is 7.66. The van der Waals surface area contributed by atoms with Crippen molar-refractivity contribution in [1.29, 1.82) is 5.26 Å². The average molecular weight is 388 g/mol. The van der Waals surface area contributed by atoms with Gasteiger partial charge in [0.15, 0.2) is 5.82 Å². The highest BCUT2D eigenvalue weighted by molar-refractivity contribution is 6.33. The molecule has 0 saturated carbocycles. The van der Waals surface area contributed by atoms with E-state index in [1.54, 1.807) is 27.4 Å². The van der Waals surface area contributed by atoms with Crippen molar-refractivity contribution in [1.82, 2.24) is 19.2 Å². The van der Waals surface area contributed by atoms with Crippen molar-refractivity contribution < 1.29 is 13.2 Å². The number of hydrogen-bond acceptors (Lipinski definition) is 3. The molecule has 0 radical (unpaired) electrons. The molecule has 5 nitrogen and oxygen atoms in total. The molecule has 4 rings (SSSR count). The van der Waals surface area contributed by atoms with Crippen molar-refractivity contribution in [2.75, 3.05) is 0 Å². The molecule has 0 saturated heterocycles. The fourth-order valence-corrected chi connectivity index (χ4v) is 3.06. The summed E-state index contributed by atoms with van der Waals surface area (Å²) in [6.45, 7) is 0. The Kier molecular flexibility index (Phi) is 3.89. The molecule has 0 bridgehead atoms. The van der Waals surface area contributed by atoms with Crippen molar-refractivity contribution >= 4 is 17.1 Å². The summed E-state index contributed by atoms with van der Waals surface area (Å²) >= 11 is 6.13. The van der Waals surface area contributed by atoms with Crippen LogP contribution in [0, 0.1) is 11.3 Å². The van der Waals surface area contributed by atoms with Crippen molar-refractivity contribution in [2.24, 2.45) is 0 Å². The minimum atomic E-state index is -4.51. The number of benzene rings is 1. The second kappa shape index (κ2) is 6.14. The molecule has 27 heavy (non-hydrogen) atoms. The molecule has 0 aliphatic carbocycles. The molecule has 0 atom stereocenters. The summed E-state index contributed by atoms with van der Waals surface area (Å²) in [5.41, 5.74) is 0.437. The number of rotatable bonds is 2. The Hall–Kier alpha value is -3.31. The molecule has 134 valence electrons. The lowest BCUT2D eigenvalue weighted by Gasteiger charge is -2.10. The van der Waals surface area contributed by atoms with Gasteiger partial charge in [-0.3, -0.25) is 0 Å². The maximum atomic E-state index is 13.1. The maximum Gasteiger partial charge on any atom is 0.416 e. The fraction of sp³-hybridized carbons (Fsp3) is 0.0556. The van der Waals surface area contributed by atoms with Gasteiger partial charge in [0.1, 0.15) is 17.9 Å². The second-order valence-electron chi connectivity index (χ2n) is 5.72. The molecule has 0 aliphatic rings. The van der Waals surface area contributed by atoms with Gasteiger partial charge in [0.25, 0.3) is 0 Å². The topological polar surface area (TPSA) is 58.9 Å². The molecule has 1 aromatic carbocycles. The molecule has 3 aromatic heterocycles. The van der Waals surface area contributed by atoms with Crippen molar-refractivity contribution in [3.63, 3.8) is 0 Å². The lowest BCUT2D eigenvalue weighted by atomic mass is 10.0. The summed E-state index contributed by atoms with van der Waals surface area (Å²) in [6.07, 6.45) is 1.61. The van der Waals surface area contributed by atoms with Crippen LogP contribution < -0.4 is 0 Å². The van der Waals surface area contributed by atoms with Gasteiger partial charge >= 0.3 is 6.18 Å². The normalized spacial score (nSPS) is 11.7. The van der Waals surface area contributed by atoms with Crippen LogP contribution in [0.3, 0.4) is 0 Å². The molecule has 0 fully saturated rings. The van der Waals surface area contributed by atoms with E-state index in [1.165, 1.54) is 24.8 Å². The van der Waals surface area contributed by atoms with Gasteiger partial charge in [0.05, 0.1) is 11.1 Å². The second-order valence-corrected chi connectivity index (χ2v) is 6.13. The van der Waals surface area contributed by atoms with Crippen molar-refractivity contribution in [3.05, 3.63) is 71.4 Å². The molecule has 9 heteroatoms. The molecule has 0 N–H and O–H groups in total. The van der Waals surface area contributed by atoms with Gasteiger partial charge in [0, 0.05) is 34.7 Å². The van der Waals surface area contributed by atoms with E-state index in [2.05, 4.69) is 10.1 Å². The van der Waals surface area contributed by atoms with E-state index in [0.717, 1.165) is 12.1 Å². The quantitative estimate of drug-likeness (QED) is 0.499. The van der Waals surface area contributed by atoms with E-state index in [-0.39, 0.29) is 21.7 Å². The predicted octanol–water partition coefficient (Wildman–Crippen LogP) is 4.73. The Morgan fingerprint density at radius 2 is 1.93 bits per heavy atom. The number of fused-ring (bicyclic) bond motifs is 1. The van der Waals surface area contributed by atoms with Crippen LogP contribution in [0.25, 0.3) is 22.5 Å². The Bertz CT molecular complexity index is 1200. The Labute approximate surface area is 155 Å². The first-order valence-corrected chi connectivity index (χ1v) is 8.04. The first kappa shape index (κ1) is 17.1. The molecule has 0 aliphatic heterocycles. The lowest BCUT2D eigenvalue weighted by Crippen LogP contribution is -2.04. The Morgan fingerprint density at radius 3 is 2.67 bits per heavy atom. The van der Waals surface area contributed by atoms with Gasteiger partial charge in [-0.25, -0.2) is 9.50 Å². The zero-order valence-corrected chi connectivity index (χ0v) is 14.2. The standard InChI is InChI=1S/C18H9ClF3N5/c19-15-4-3-12(18(20,21)22)6-13(15)14-9-26(8-11(14)7-23)17-16-2-1-5-27(16)25-10-24-17/h1-6,8-10H. The first-order chi connectivity index (χ1) is 12.9. The van der Waals surface area contributed by atoms with Gasteiger partial charge in [-0.05, 0) is 30.3 Å². The highest BCUT2D eigenvalue weighted by Gasteiger charge is 2.31. The van der Waals surface area contributed by atoms with E-state index >= 15 is 0 Å². The van der Waals surface area contributed by atoms with Crippen molar-refractivity contribution in [2.45, 2.75) is 6.18 Å². The maximum absolute atomic E-state index is 13.1. The molecule has 3 heterocycles. The monoisotopic (exact) mass is 387 g/mol. The third-order valence-electron chi connectivity index (χ3n) is 4.09. The fourth-order valence-electron chi connectivity index (χ4n) is 2.84. The summed E-state index contributed by atoms with van der Waals surface area (Å²) in [7, 11) is 0. The van der Waals surface area contributed by atoms with Gasteiger partial charge in [-0.1, -0.05) is 11.6 Å². The molecule has 4 aromatic rings. The molecule has 0 amide bonds. The van der Waals surface area contributed by atoms with Crippen LogP contribution in [0.4, 0.5) is 13.2 Å². The summed E-state index contributed by atoms with van der Waals surface area (Å²) in [5, 5.41) is 13.7. The largest absolute Gasteiger partial charge is 0.416 e. The molecule has 0 spiro atoms. The van der Waals surface area contributed by atoms with Crippen LogP contribution in [0.15, 0.2) is 55.2 Å². The number of nitriles is 1. The highest BCUT2D eigenvalue weighted by Crippen LogP contribution is 2.37. The number of halogens is 4. The third kappa shape index (κ3) is 2.92. The number of aromatic nitrogens is 4. The summed E-state index contributed by atoms with van der Waals surface area (Å²) in [6, 6.07) is 8.60. The smallest absolute Gasteiger partial charge is 0.305 e. The zero-order chi connectivity index (χ0) is 19.2. The van der Waals surface area contributed by atoms with Gasteiger partial charge in [-0.15, -0.1) is 0 Å². The van der Waals surface area contributed by atoms with Crippen LogP contribution in [-0.4, -0.2) is 19.2 Å². The van der Waals surface area contributed by atoms with E-state index in [1.807, 2.05) is 6.07 Å². The number of hydrogen-bond donors (Lipinski definition) is 0. The highest BCUT2D eigenvalue weighted by atomic mass is 35.5. The summed E-state index contributed by atoms with van der Waals surface area (Å²) in [5.74, 6) is 0.487. The third-order valence-corrected chi connectivity index (χ3v) is 4.42. The molecule has 0 unspecified atom stereocenters. The van der Waals surface area contributed by atoms with Gasteiger partial charge in [0.2, 0.25) is 0 Å². The van der Waals surface area contributed by atoms with Crippen molar-refractivity contribution in [3.8, 4) is 23.0 Å². The SMILES string of the molecule is N#Cc1cn(-c2ncnn3cccc23)cc1-c1cc(C(F)(F)F)ccc1Cl. The summed E-state index contributed by atoms with van der Waals surface area (Å²) in [4.78, 5) is 4.22. The van der Waals surface area contributed by atoms with Crippen LogP contribution in [0.2, 0.25) is 5.02 Å². The van der Waals surface area contributed by atoms with Crippen LogP contribution in [0.5, 0.6) is 0 Å². The molecular formula is C18H9ClF3N5. The number of nitrogens with zero attached hydrogens (tertiary/aromatic N) is 5. The van der Waals surface area contributed by atoms with Crippen LogP contribution in [0.1, 0.15) is 11.1 Å². The number of alkyl halides is 3. The predicted molar refractivity (Wildman–Crippen MR) is 92.5 cm³/mol. The van der Waals surface area contributed by atoms with E-state index in [9.17, 15) is 18.4 Å². The average Bonchev–Trinajstić information content (AvgIpc) is 3.27. The van der Waals surface area contributed by atoms with E-state index < -0.39 is 11.7 Å². The minimum absolute atomic E-state index is 0.118. The Morgan fingerprint density at radius 1 is 1.11 bits per heavy atom. The minimum Gasteiger partial charge on any atom is -0.305 e. The van der Waals surface area contributed by atoms with Crippen LogP contribution in [-0.2, 0) is 6.18 Å². The molecular weight excluding hydrogens is 379 g/mol. The lowest BCUT2D eigenvalue weighted by molar-refractivity contribution is -0.137. The summed E-state index contributed by atoms with van der Waals surface area (Å²) < 4.78 is 42.4. The van der Waals surface area contributed by atoms with E-state index in [4.69, 9.17) is 11.6 Å². The van der Waals surface area contributed by atoms with Gasteiger partial charge < -0.3 is 4.57 Å². The zero-order valence-electron chi connectivity index (χ0n) is 13.4.